The maximum absolute atomic E-state index is 12.6. The summed E-state index contributed by atoms with van der Waals surface area (Å²) in [6, 6.07) is 3.69. The van der Waals surface area contributed by atoms with Gasteiger partial charge in [-0.05, 0) is 42.9 Å². The molecule has 0 bridgehead atoms. The molecule has 2 N–H and O–H groups in total. The third-order valence-electron chi connectivity index (χ3n) is 3.78. The Labute approximate surface area is 139 Å². The van der Waals surface area contributed by atoms with Crippen molar-refractivity contribution in [3.63, 3.8) is 0 Å². The lowest BCUT2D eigenvalue weighted by atomic mass is 10.0. The Hall–Kier alpha value is -1.47. The predicted molar refractivity (Wildman–Crippen MR) is 92.5 cm³/mol. The van der Waals surface area contributed by atoms with Crippen LogP contribution < -0.4 is 5.32 Å². The van der Waals surface area contributed by atoms with Gasteiger partial charge in [0.1, 0.15) is 6.04 Å². The monoisotopic (exact) mass is 338 g/mol. The molecule has 0 radical (unpaired) electrons. The molecular weight excluding hydrogens is 316 g/mol. The molecule has 2 aromatic rings. The van der Waals surface area contributed by atoms with Crippen LogP contribution in [0.1, 0.15) is 40.2 Å². The van der Waals surface area contributed by atoms with Gasteiger partial charge in [0.2, 0.25) is 5.91 Å². The largest absolute Gasteiger partial charge is 0.351 e. The second kappa shape index (κ2) is 7.19. The SMILES string of the molecule is CC[C@@H](NC(=O)[C@H](C)n1c(-c2cccs2)n[nH]c1=S)C(C)C. The zero-order valence-electron chi connectivity index (χ0n) is 13.3. The zero-order valence-corrected chi connectivity index (χ0v) is 14.9. The maximum Gasteiger partial charge on any atom is 0.243 e. The average Bonchev–Trinajstić information content (AvgIpc) is 3.12. The van der Waals surface area contributed by atoms with Crippen molar-refractivity contribution in [1.29, 1.82) is 0 Å². The van der Waals surface area contributed by atoms with Crippen molar-refractivity contribution < 1.29 is 4.79 Å². The van der Waals surface area contributed by atoms with Crippen LogP contribution >= 0.6 is 23.6 Å². The Morgan fingerprint density at radius 1 is 1.50 bits per heavy atom. The summed E-state index contributed by atoms with van der Waals surface area (Å²) >= 11 is 6.88. The fourth-order valence-corrected chi connectivity index (χ4v) is 3.40. The molecule has 0 aliphatic heterocycles. The number of rotatable bonds is 6. The summed E-state index contributed by atoms with van der Waals surface area (Å²) < 4.78 is 2.24. The summed E-state index contributed by atoms with van der Waals surface area (Å²) in [5, 5.41) is 12.2. The molecule has 0 aliphatic carbocycles. The van der Waals surface area contributed by atoms with Crippen LogP contribution in [-0.4, -0.2) is 26.7 Å². The van der Waals surface area contributed by atoms with Gasteiger partial charge in [0.15, 0.2) is 10.6 Å². The van der Waals surface area contributed by atoms with Crippen molar-refractivity contribution in [2.24, 2.45) is 5.92 Å². The molecule has 0 unspecified atom stereocenters. The number of amides is 1. The van der Waals surface area contributed by atoms with Gasteiger partial charge in [-0.3, -0.25) is 14.5 Å². The van der Waals surface area contributed by atoms with E-state index in [1.54, 1.807) is 15.9 Å². The van der Waals surface area contributed by atoms with Crippen LogP contribution in [0.4, 0.5) is 0 Å². The Balaban J connectivity index is 2.26. The zero-order chi connectivity index (χ0) is 16.3. The lowest BCUT2D eigenvalue weighted by molar-refractivity contribution is -0.124. The highest BCUT2D eigenvalue weighted by molar-refractivity contribution is 7.71. The quantitative estimate of drug-likeness (QED) is 0.788. The molecule has 2 atom stereocenters. The third kappa shape index (κ3) is 3.47. The van der Waals surface area contributed by atoms with E-state index in [4.69, 9.17) is 12.2 Å². The first-order valence-electron chi connectivity index (χ1n) is 7.46. The topological polar surface area (TPSA) is 62.7 Å². The smallest absolute Gasteiger partial charge is 0.243 e. The lowest BCUT2D eigenvalue weighted by Crippen LogP contribution is -2.41. The highest BCUT2D eigenvalue weighted by Crippen LogP contribution is 2.25. The van der Waals surface area contributed by atoms with Crippen molar-refractivity contribution in [1.82, 2.24) is 20.1 Å². The Morgan fingerprint density at radius 2 is 2.23 bits per heavy atom. The molecule has 0 fully saturated rings. The molecule has 22 heavy (non-hydrogen) atoms. The number of carbonyl (C=O) groups excluding carboxylic acids is 1. The van der Waals surface area contributed by atoms with Crippen LogP contribution in [0.15, 0.2) is 17.5 Å². The van der Waals surface area contributed by atoms with E-state index in [0.29, 0.717) is 16.5 Å². The Bertz CT molecular complexity index is 672. The maximum atomic E-state index is 12.6. The van der Waals surface area contributed by atoms with Gasteiger partial charge in [-0.25, -0.2) is 0 Å². The van der Waals surface area contributed by atoms with Gasteiger partial charge in [-0.15, -0.1) is 11.3 Å². The molecule has 5 nitrogen and oxygen atoms in total. The average molecular weight is 339 g/mol. The van der Waals surface area contributed by atoms with E-state index in [1.807, 2.05) is 24.4 Å². The van der Waals surface area contributed by atoms with Crippen LogP contribution in [0, 0.1) is 10.7 Å². The van der Waals surface area contributed by atoms with E-state index in [9.17, 15) is 4.79 Å². The first kappa shape index (κ1) is 16.9. The Kier molecular flexibility index (Phi) is 5.52. The number of H-pyrrole nitrogens is 1. The van der Waals surface area contributed by atoms with Crippen molar-refractivity contribution in [3.8, 4) is 10.7 Å². The predicted octanol–water partition coefficient (Wildman–Crippen LogP) is 3.78. The fraction of sp³-hybridized carbons (Fsp3) is 0.533. The minimum atomic E-state index is -0.406. The number of carbonyl (C=O) groups is 1. The summed E-state index contributed by atoms with van der Waals surface area (Å²) in [6.45, 7) is 8.15. The summed E-state index contributed by atoms with van der Waals surface area (Å²) in [4.78, 5) is 13.6. The van der Waals surface area contributed by atoms with Gasteiger partial charge < -0.3 is 5.32 Å². The molecule has 7 heteroatoms. The van der Waals surface area contributed by atoms with E-state index in [0.717, 1.165) is 11.3 Å². The van der Waals surface area contributed by atoms with E-state index in [1.165, 1.54) is 0 Å². The van der Waals surface area contributed by atoms with Crippen molar-refractivity contribution >= 4 is 29.5 Å². The summed E-state index contributed by atoms with van der Waals surface area (Å²) in [7, 11) is 0. The second-order valence-corrected chi connectivity index (χ2v) is 6.98. The number of thiophene rings is 1. The lowest BCUT2D eigenvalue weighted by Gasteiger charge is -2.23. The second-order valence-electron chi connectivity index (χ2n) is 5.64. The molecule has 120 valence electrons. The number of aromatic nitrogens is 3. The van der Waals surface area contributed by atoms with Crippen LogP contribution in [0.25, 0.3) is 10.7 Å². The number of nitrogens with one attached hydrogen (secondary N) is 2. The van der Waals surface area contributed by atoms with Crippen molar-refractivity contribution in [3.05, 3.63) is 22.3 Å². The van der Waals surface area contributed by atoms with E-state index < -0.39 is 6.04 Å². The third-order valence-corrected chi connectivity index (χ3v) is 4.94. The molecule has 0 saturated carbocycles. The first-order chi connectivity index (χ1) is 10.5. The van der Waals surface area contributed by atoms with Crippen LogP contribution in [0.2, 0.25) is 0 Å². The number of hydrogen-bond acceptors (Lipinski definition) is 4. The minimum Gasteiger partial charge on any atom is -0.351 e. The standard InChI is InChI=1S/C15H22N4OS2/c1-5-11(9(2)3)16-14(20)10(4)19-13(17-18-15(19)21)12-7-6-8-22-12/h6-11H,5H2,1-4H3,(H,16,20)(H,18,21)/t10-,11+/m0/s1. The van der Waals surface area contributed by atoms with Crippen molar-refractivity contribution in [2.45, 2.75) is 46.2 Å². The van der Waals surface area contributed by atoms with E-state index in [2.05, 4.69) is 36.3 Å². The van der Waals surface area contributed by atoms with Gasteiger partial charge in [0.05, 0.1) is 4.88 Å². The van der Waals surface area contributed by atoms with Crippen molar-refractivity contribution in [2.75, 3.05) is 0 Å². The van der Waals surface area contributed by atoms with Crippen LogP contribution in [0.3, 0.4) is 0 Å². The van der Waals surface area contributed by atoms with Crippen LogP contribution in [0.5, 0.6) is 0 Å². The molecular formula is C15H22N4OS2. The first-order valence-corrected chi connectivity index (χ1v) is 8.75. The molecule has 2 heterocycles. The molecule has 2 rings (SSSR count). The molecule has 0 aromatic carbocycles. The van der Waals surface area contributed by atoms with Gasteiger partial charge in [0, 0.05) is 6.04 Å². The van der Waals surface area contributed by atoms with Gasteiger partial charge in [-0.1, -0.05) is 26.8 Å². The van der Waals surface area contributed by atoms with Gasteiger partial charge in [0.25, 0.3) is 0 Å². The number of aromatic amines is 1. The summed E-state index contributed by atoms with van der Waals surface area (Å²) in [6.07, 6.45) is 0.907. The Morgan fingerprint density at radius 3 is 2.77 bits per heavy atom. The summed E-state index contributed by atoms with van der Waals surface area (Å²) in [5.41, 5.74) is 0. The molecule has 2 aromatic heterocycles. The van der Waals surface area contributed by atoms with Crippen LogP contribution in [-0.2, 0) is 4.79 Å². The fourth-order valence-electron chi connectivity index (χ4n) is 2.40. The number of hydrogen-bond donors (Lipinski definition) is 2. The van der Waals surface area contributed by atoms with Gasteiger partial charge >= 0.3 is 0 Å². The molecule has 0 aliphatic rings. The molecule has 0 saturated heterocycles. The highest BCUT2D eigenvalue weighted by atomic mass is 32.1. The number of nitrogens with zero attached hydrogens (tertiary/aromatic N) is 2. The summed E-state index contributed by atoms with van der Waals surface area (Å²) in [5.74, 6) is 1.08. The highest BCUT2D eigenvalue weighted by Gasteiger charge is 2.23. The van der Waals surface area contributed by atoms with E-state index >= 15 is 0 Å². The minimum absolute atomic E-state index is 0.0316. The van der Waals surface area contributed by atoms with E-state index in [-0.39, 0.29) is 11.9 Å². The van der Waals surface area contributed by atoms with Gasteiger partial charge in [-0.2, -0.15) is 5.10 Å². The molecule has 1 amide bonds. The molecule has 0 spiro atoms. The normalized spacial score (nSPS) is 14.0.